The van der Waals surface area contributed by atoms with Gasteiger partial charge >= 0.3 is 0 Å². The first-order valence-corrected chi connectivity index (χ1v) is 9.18. The minimum atomic E-state index is -0.515. The number of hydrogen-bond acceptors (Lipinski definition) is 5. The highest BCUT2D eigenvalue weighted by Gasteiger charge is 2.20. The fourth-order valence-electron chi connectivity index (χ4n) is 2.92. The summed E-state index contributed by atoms with van der Waals surface area (Å²) < 4.78 is 18.8. The number of halogens is 2. The lowest BCUT2D eigenvalue weighted by Crippen LogP contribution is -2.29. The van der Waals surface area contributed by atoms with Gasteiger partial charge in [0, 0.05) is 18.0 Å². The third-order valence-electron chi connectivity index (χ3n) is 4.29. The van der Waals surface area contributed by atoms with E-state index in [1.54, 1.807) is 18.4 Å². The summed E-state index contributed by atoms with van der Waals surface area (Å²) in [6.07, 6.45) is 1.55. The van der Waals surface area contributed by atoms with E-state index in [4.69, 9.17) is 16.0 Å². The van der Waals surface area contributed by atoms with E-state index in [0.717, 1.165) is 5.39 Å². The molecule has 0 spiro atoms. The van der Waals surface area contributed by atoms with Crippen molar-refractivity contribution in [1.29, 1.82) is 0 Å². The lowest BCUT2D eigenvalue weighted by Gasteiger charge is -2.21. The Balaban J connectivity index is 1.79. The van der Waals surface area contributed by atoms with Gasteiger partial charge < -0.3 is 9.73 Å². The van der Waals surface area contributed by atoms with Crippen LogP contribution in [-0.2, 0) is 11.3 Å². The first-order valence-electron chi connectivity index (χ1n) is 8.80. The molecule has 0 aliphatic heterocycles. The number of aromatic nitrogens is 2. The van der Waals surface area contributed by atoms with Crippen LogP contribution in [0.1, 0.15) is 12.7 Å². The number of anilines is 3. The highest BCUT2D eigenvalue weighted by molar-refractivity contribution is 6.31. The molecule has 4 rings (SSSR count). The fourth-order valence-corrected chi connectivity index (χ4v) is 3.10. The number of fused-ring (bicyclic) bond motifs is 1. The molecule has 0 radical (unpaired) electrons. The van der Waals surface area contributed by atoms with E-state index in [-0.39, 0.29) is 23.4 Å². The van der Waals surface area contributed by atoms with Gasteiger partial charge in [0.25, 0.3) is 0 Å². The average Bonchev–Trinajstić information content (AvgIpc) is 3.21. The maximum atomic E-state index is 13.4. The van der Waals surface area contributed by atoms with Gasteiger partial charge in [-0.25, -0.2) is 9.37 Å². The number of rotatable bonds is 5. The van der Waals surface area contributed by atoms with Crippen LogP contribution in [0.5, 0.6) is 0 Å². The number of nitrogens with zero attached hydrogens (tertiary/aromatic N) is 3. The van der Waals surface area contributed by atoms with E-state index in [1.165, 1.54) is 30.0 Å². The molecule has 0 fully saturated rings. The highest BCUT2D eigenvalue weighted by atomic mass is 35.5. The van der Waals surface area contributed by atoms with E-state index in [9.17, 15) is 9.18 Å². The van der Waals surface area contributed by atoms with Crippen LogP contribution in [0.15, 0.2) is 65.3 Å². The number of nitrogens with one attached hydrogen (secondary N) is 1. The van der Waals surface area contributed by atoms with Crippen LogP contribution in [0, 0.1) is 5.82 Å². The molecule has 0 saturated heterocycles. The van der Waals surface area contributed by atoms with Crippen molar-refractivity contribution in [3.63, 3.8) is 0 Å². The van der Waals surface area contributed by atoms with Crippen molar-refractivity contribution < 1.29 is 13.6 Å². The van der Waals surface area contributed by atoms with Gasteiger partial charge in [0.2, 0.25) is 11.9 Å². The zero-order valence-electron chi connectivity index (χ0n) is 15.4. The Morgan fingerprint density at radius 2 is 2.00 bits per heavy atom. The SMILES string of the molecule is CC(=O)N(Cc1ccco1)c1nc(Nc2ccc(F)c(Cl)c2)nc2ccccc12. The predicted octanol–water partition coefficient (Wildman–Crippen LogP) is 5.31. The maximum Gasteiger partial charge on any atom is 0.229 e. The van der Waals surface area contributed by atoms with Gasteiger partial charge in [-0.05, 0) is 42.5 Å². The Morgan fingerprint density at radius 3 is 2.72 bits per heavy atom. The predicted molar refractivity (Wildman–Crippen MR) is 110 cm³/mol. The zero-order chi connectivity index (χ0) is 20.4. The Hall–Kier alpha value is -3.45. The average molecular weight is 411 g/mol. The number of carbonyl (C=O) groups excluding carboxylic acids is 1. The molecule has 0 unspecified atom stereocenters. The molecule has 4 aromatic rings. The lowest BCUT2D eigenvalue weighted by molar-refractivity contribution is -0.116. The molecule has 1 amide bonds. The van der Waals surface area contributed by atoms with Gasteiger partial charge in [-0.3, -0.25) is 9.69 Å². The van der Waals surface area contributed by atoms with E-state index in [2.05, 4.69) is 15.3 Å². The van der Waals surface area contributed by atoms with Crippen LogP contribution in [0.4, 0.5) is 21.8 Å². The molecule has 8 heteroatoms. The van der Waals surface area contributed by atoms with Gasteiger partial charge in [0.1, 0.15) is 17.4 Å². The van der Waals surface area contributed by atoms with Crippen LogP contribution in [0.2, 0.25) is 5.02 Å². The summed E-state index contributed by atoms with van der Waals surface area (Å²) >= 11 is 5.86. The molecule has 29 heavy (non-hydrogen) atoms. The molecular weight excluding hydrogens is 395 g/mol. The molecule has 6 nitrogen and oxygen atoms in total. The van der Waals surface area contributed by atoms with Gasteiger partial charge in [-0.15, -0.1) is 0 Å². The number of hydrogen-bond donors (Lipinski definition) is 1. The lowest BCUT2D eigenvalue weighted by atomic mass is 10.2. The van der Waals surface area contributed by atoms with Crippen molar-refractivity contribution in [3.05, 3.63) is 77.5 Å². The summed E-state index contributed by atoms with van der Waals surface area (Å²) in [4.78, 5) is 23.0. The first-order chi connectivity index (χ1) is 14.0. The summed E-state index contributed by atoms with van der Waals surface area (Å²) in [5, 5.41) is 3.73. The molecule has 2 heterocycles. The van der Waals surface area contributed by atoms with Crippen LogP contribution >= 0.6 is 11.6 Å². The summed E-state index contributed by atoms with van der Waals surface area (Å²) in [5.74, 6) is 0.615. The van der Waals surface area contributed by atoms with Gasteiger partial charge in [0.05, 0.1) is 23.3 Å². The standard InChI is InChI=1S/C21H16ClFN4O2/c1-13(28)27(12-15-5-4-10-29-15)20-16-6-2-3-7-19(16)25-21(26-20)24-14-8-9-18(23)17(22)11-14/h2-11H,12H2,1H3,(H,24,25,26). The van der Waals surface area contributed by atoms with Gasteiger partial charge in [-0.2, -0.15) is 4.98 Å². The molecule has 146 valence electrons. The van der Waals surface area contributed by atoms with Crippen molar-refractivity contribution in [1.82, 2.24) is 9.97 Å². The van der Waals surface area contributed by atoms with Gasteiger partial charge in [0.15, 0.2) is 0 Å². The second-order valence-corrected chi connectivity index (χ2v) is 6.73. The molecule has 0 atom stereocenters. The summed E-state index contributed by atoms with van der Waals surface area (Å²) in [7, 11) is 0. The van der Waals surface area contributed by atoms with Crippen LogP contribution in [0.25, 0.3) is 10.9 Å². The summed E-state index contributed by atoms with van der Waals surface area (Å²) in [6, 6.07) is 15.2. The largest absolute Gasteiger partial charge is 0.467 e. The van der Waals surface area contributed by atoms with Crippen molar-refractivity contribution in [2.45, 2.75) is 13.5 Å². The van der Waals surface area contributed by atoms with Crippen LogP contribution in [0.3, 0.4) is 0 Å². The fraction of sp³-hybridized carbons (Fsp3) is 0.0952. The Labute approximate surface area is 170 Å². The Morgan fingerprint density at radius 1 is 1.17 bits per heavy atom. The highest BCUT2D eigenvalue weighted by Crippen LogP contribution is 2.29. The van der Waals surface area contributed by atoms with Crippen molar-refractivity contribution in [2.75, 3.05) is 10.2 Å². The minimum Gasteiger partial charge on any atom is -0.467 e. The topological polar surface area (TPSA) is 71.3 Å². The molecular formula is C21H16ClFN4O2. The second-order valence-electron chi connectivity index (χ2n) is 6.33. The Bertz CT molecular complexity index is 1180. The minimum absolute atomic E-state index is 0.0146. The number of carbonyl (C=O) groups is 1. The molecule has 2 aromatic carbocycles. The van der Waals surface area contributed by atoms with E-state index in [0.29, 0.717) is 22.8 Å². The quantitative estimate of drug-likeness (QED) is 0.482. The van der Waals surface area contributed by atoms with Crippen LogP contribution < -0.4 is 10.2 Å². The maximum absolute atomic E-state index is 13.4. The smallest absolute Gasteiger partial charge is 0.229 e. The number of furan rings is 1. The van der Waals surface area contributed by atoms with E-state index in [1.807, 2.05) is 24.3 Å². The summed E-state index contributed by atoms with van der Waals surface area (Å²) in [6.45, 7) is 1.69. The molecule has 0 bridgehead atoms. The first kappa shape index (κ1) is 18.9. The number of amides is 1. The monoisotopic (exact) mass is 410 g/mol. The molecule has 2 aromatic heterocycles. The number of benzene rings is 2. The zero-order valence-corrected chi connectivity index (χ0v) is 16.2. The third-order valence-corrected chi connectivity index (χ3v) is 4.58. The van der Waals surface area contributed by atoms with E-state index >= 15 is 0 Å². The van der Waals surface area contributed by atoms with Crippen molar-refractivity contribution in [2.24, 2.45) is 0 Å². The summed E-state index contributed by atoms with van der Waals surface area (Å²) in [5.41, 5.74) is 1.18. The van der Waals surface area contributed by atoms with Crippen molar-refractivity contribution >= 4 is 45.9 Å². The molecule has 0 saturated carbocycles. The Kier molecular flexibility index (Phi) is 5.14. The number of para-hydroxylation sites is 1. The van der Waals surface area contributed by atoms with Crippen LogP contribution in [-0.4, -0.2) is 15.9 Å². The van der Waals surface area contributed by atoms with Crippen molar-refractivity contribution in [3.8, 4) is 0 Å². The van der Waals surface area contributed by atoms with Gasteiger partial charge in [-0.1, -0.05) is 23.7 Å². The molecule has 1 N–H and O–H groups in total. The third kappa shape index (κ3) is 4.05. The van der Waals surface area contributed by atoms with E-state index < -0.39 is 5.82 Å². The second kappa shape index (κ2) is 7.89. The molecule has 0 aliphatic carbocycles. The molecule has 0 aliphatic rings. The normalized spacial score (nSPS) is 10.9.